The molecule has 0 aromatic heterocycles. The molecule has 0 aliphatic heterocycles. The molecule has 0 rings (SSSR count). The lowest BCUT2D eigenvalue weighted by Gasteiger charge is -2.18. The van der Waals surface area contributed by atoms with Crippen LogP contribution >= 0.6 is 11.6 Å². The minimum Gasteiger partial charge on any atom is -0.461 e. The van der Waals surface area contributed by atoms with E-state index in [-0.39, 0.29) is 13.0 Å². The summed E-state index contributed by atoms with van der Waals surface area (Å²) in [5.74, 6) is -7.29. The summed E-state index contributed by atoms with van der Waals surface area (Å²) in [5.41, 5.74) is 0. The molecule has 0 aliphatic carbocycles. The number of alkyl halides is 5. The van der Waals surface area contributed by atoms with Gasteiger partial charge in [0, 0.05) is 0 Å². The molecule has 0 aliphatic rings. The number of rotatable bonds is 4. The van der Waals surface area contributed by atoms with Gasteiger partial charge in [-0.15, -0.1) is 0 Å². The van der Waals surface area contributed by atoms with Crippen molar-refractivity contribution in [1.29, 1.82) is 0 Å². The van der Waals surface area contributed by atoms with Crippen LogP contribution in [0.15, 0.2) is 0 Å². The molecule has 0 radical (unpaired) electrons. The molecule has 7 heteroatoms. The summed E-state index contributed by atoms with van der Waals surface area (Å²) in [6, 6.07) is 0. The summed E-state index contributed by atoms with van der Waals surface area (Å²) >= 11 is 4.01. The SMILES string of the molecule is CCCOC(=O)C(F)(F)C(F)(F)Cl. The van der Waals surface area contributed by atoms with Gasteiger partial charge in [-0.25, -0.2) is 4.79 Å². The monoisotopic (exact) mass is 222 g/mol. The zero-order valence-electron chi connectivity index (χ0n) is 6.62. The second-order valence-electron chi connectivity index (χ2n) is 2.21. The van der Waals surface area contributed by atoms with Gasteiger partial charge >= 0.3 is 17.3 Å². The van der Waals surface area contributed by atoms with Crippen molar-refractivity contribution >= 4 is 17.6 Å². The van der Waals surface area contributed by atoms with Crippen LogP contribution in [-0.2, 0) is 9.53 Å². The molecule has 0 amide bonds. The molecule has 0 fully saturated rings. The molecular formula is C6H7ClF4O2. The first-order valence-electron chi connectivity index (χ1n) is 3.35. The zero-order valence-corrected chi connectivity index (χ0v) is 7.38. The number of ether oxygens (including phenoxy) is 1. The maximum atomic E-state index is 12.3. The summed E-state index contributed by atoms with van der Waals surface area (Å²) in [4.78, 5) is 10.3. The first-order valence-corrected chi connectivity index (χ1v) is 3.73. The van der Waals surface area contributed by atoms with Gasteiger partial charge < -0.3 is 4.74 Å². The molecule has 0 aromatic carbocycles. The number of halogens is 5. The van der Waals surface area contributed by atoms with Crippen LogP contribution in [0.2, 0.25) is 0 Å². The number of hydrogen-bond donors (Lipinski definition) is 0. The maximum Gasteiger partial charge on any atom is 0.418 e. The van der Waals surface area contributed by atoms with Crippen LogP contribution in [0.4, 0.5) is 17.6 Å². The van der Waals surface area contributed by atoms with Gasteiger partial charge in [0.2, 0.25) is 0 Å². The molecule has 0 unspecified atom stereocenters. The van der Waals surface area contributed by atoms with Crippen molar-refractivity contribution < 1.29 is 27.1 Å². The molecular weight excluding hydrogens is 216 g/mol. The van der Waals surface area contributed by atoms with E-state index in [4.69, 9.17) is 0 Å². The van der Waals surface area contributed by atoms with Gasteiger partial charge in [0.25, 0.3) is 0 Å². The van der Waals surface area contributed by atoms with Gasteiger partial charge in [0.05, 0.1) is 6.61 Å². The Morgan fingerprint density at radius 2 is 1.85 bits per heavy atom. The molecule has 0 spiro atoms. The van der Waals surface area contributed by atoms with Crippen molar-refractivity contribution in [2.75, 3.05) is 6.61 Å². The average molecular weight is 223 g/mol. The van der Waals surface area contributed by atoms with Crippen molar-refractivity contribution in [2.24, 2.45) is 0 Å². The van der Waals surface area contributed by atoms with Gasteiger partial charge in [0.1, 0.15) is 0 Å². The summed E-state index contributed by atoms with van der Waals surface area (Å²) in [6.07, 6.45) is 0.260. The first kappa shape index (κ1) is 12.5. The van der Waals surface area contributed by atoms with E-state index >= 15 is 0 Å². The van der Waals surface area contributed by atoms with Crippen LogP contribution in [0.25, 0.3) is 0 Å². The number of hydrogen-bond acceptors (Lipinski definition) is 2. The molecule has 0 N–H and O–H groups in total. The van der Waals surface area contributed by atoms with Crippen LogP contribution in [0.5, 0.6) is 0 Å². The summed E-state index contributed by atoms with van der Waals surface area (Å²) < 4.78 is 52.2. The van der Waals surface area contributed by atoms with Crippen LogP contribution in [0.3, 0.4) is 0 Å². The number of esters is 1. The van der Waals surface area contributed by atoms with Crippen molar-refractivity contribution in [2.45, 2.75) is 24.6 Å². The Morgan fingerprint density at radius 1 is 1.38 bits per heavy atom. The lowest BCUT2D eigenvalue weighted by atomic mass is 10.3. The van der Waals surface area contributed by atoms with E-state index in [0.717, 1.165) is 0 Å². The minimum absolute atomic E-state index is 0.260. The largest absolute Gasteiger partial charge is 0.461 e. The van der Waals surface area contributed by atoms with Crippen LogP contribution in [-0.4, -0.2) is 23.9 Å². The highest BCUT2D eigenvalue weighted by Crippen LogP contribution is 2.38. The average Bonchev–Trinajstić information content (AvgIpc) is 1.97. The molecule has 0 aromatic rings. The second kappa shape index (κ2) is 4.13. The number of carbonyl (C=O) groups is 1. The van der Waals surface area contributed by atoms with Crippen molar-refractivity contribution in [3.05, 3.63) is 0 Å². The molecule has 0 atom stereocenters. The summed E-state index contributed by atoms with van der Waals surface area (Å²) in [6.45, 7) is 1.19. The molecule has 0 saturated carbocycles. The summed E-state index contributed by atoms with van der Waals surface area (Å²) in [5, 5.41) is -4.92. The standard InChI is InChI=1S/C6H7ClF4O2/c1-2-3-13-4(12)5(8,9)6(7,10)11/h2-3H2,1H3. The molecule has 0 bridgehead atoms. The highest BCUT2D eigenvalue weighted by Gasteiger charge is 2.62. The van der Waals surface area contributed by atoms with Crippen LogP contribution in [0, 0.1) is 0 Å². The Hall–Kier alpha value is -0.520. The van der Waals surface area contributed by atoms with E-state index in [2.05, 4.69) is 16.3 Å². The van der Waals surface area contributed by atoms with Gasteiger partial charge in [-0.2, -0.15) is 17.6 Å². The molecule has 0 saturated heterocycles. The predicted molar refractivity (Wildman–Crippen MR) is 37.0 cm³/mol. The highest BCUT2D eigenvalue weighted by molar-refractivity contribution is 6.24. The van der Waals surface area contributed by atoms with Gasteiger partial charge in [0.15, 0.2) is 0 Å². The van der Waals surface area contributed by atoms with E-state index in [1.54, 1.807) is 0 Å². The Labute approximate surface area is 76.8 Å². The molecule has 0 heterocycles. The third kappa shape index (κ3) is 3.02. The molecule has 2 nitrogen and oxygen atoms in total. The number of carbonyl (C=O) groups excluding carboxylic acids is 1. The van der Waals surface area contributed by atoms with E-state index in [0.29, 0.717) is 0 Å². The summed E-state index contributed by atoms with van der Waals surface area (Å²) in [7, 11) is 0. The van der Waals surface area contributed by atoms with Crippen molar-refractivity contribution in [3.8, 4) is 0 Å². The van der Waals surface area contributed by atoms with Crippen molar-refractivity contribution in [1.82, 2.24) is 0 Å². The lowest BCUT2D eigenvalue weighted by Crippen LogP contribution is -2.44. The fourth-order valence-corrected chi connectivity index (χ4v) is 0.478. The van der Waals surface area contributed by atoms with Gasteiger partial charge in [-0.3, -0.25) is 0 Å². The zero-order chi connectivity index (χ0) is 10.7. The molecule has 13 heavy (non-hydrogen) atoms. The van der Waals surface area contributed by atoms with E-state index < -0.39 is 17.3 Å². The Bertz CT molecular complexity index is 190. The predicted octanol–water partition coefficient (Wildman–Crippen LogP) is 2.41. The maximum absolute atomic E-state index is 12.3. The topological polar surface area (TPSA) is 26.3 Å². The first-order chi connectivity index (χ1) is 5.73. The van der Waals surface area contributed by atoms with E-state index in [1.165, 1.54) is 6.92 Å². The van der Waals surface area contributed by atoms with E-state index in [1.807, 2.05) is 0 Å². The van der Waals surface area contributed by atoms with E-state index in [9.17, 15) is 22.4 Å². The molecule has 78 valence electrons. The quantitative estimate of drug-likeness (QED) is 0.415. The Morgan fingerprint density at radius 3 is 2.15 bits per heavy atom. The second-order valence-corrected chi connectivity index (χ2v) is 2.68. The van der Waals surface area contributed by atoms with Crippen LogP contribution < -0.4 is 0 Å². The highest BCUT2D eigenvalue weighted by atomic mass is 35.5. The van der Waals surface area contributed by atoms with Crippen LogP contribution in [0.1, 0.15) is 13.3 Å². The lowest BCUT2D eigenvalue weighted by molar-refractivity contribution is -0.203. The third-order valence-electron chi connectivity index (χ3n) is 1.05. The van der Waals surface area contributed by atoms with Gasteiger partial charge in [-0.1, -0.05) is 6.92 Å². The fraction of sp³-hybridized carbons (Fsp3) is 0.833. The third-order valence-corrected chi connectivity index (χ3v) is 1.29. The normalized spacial score (nSPS) is 12.8. The van der Waals surface area contributed by atoms with Crippen molar-refractivity contribution in [3.63, 3.8) is 0 Å². The smallest absolute Gasteiger partial charge is 0.418 e. The Balaban J connectivity index is 4.37. The fourth-order valence-electron chi connectivity index (χ4n) is 0.401. The van der Waals surface area contributed by atoms with Gasteiger partial charge in [-0.05, 0) is 18.0 Å². The minimum atomic E-state index is -4.98. The Kier molecular flexibility index (Phi) is 3.96.